The summed E-state index contributed by atoms with van der Waals surface area (Å²) in [5.74, 6) is -0.732. The van der Waals surface area contributed by atoms with Crippen LogP contribution in [0.25, 0.3) is 0 Å². The summed E-state index contributed by atoms with van der Waals surface area (Å²) >= 11 is 0. The first-order valence-electron chi connectivity index (χ1n) is 3.75. The molecule has 0 fully saturated rings. The molecule has 0 aliphatic carbocycles. The molecule has 0 atom stereocenters. The van der Waals surface area contributed by atoms with Crippen LogP contribution in [0.5, 0.6) is 0 Å². The van der Waals surface area contributed by atoms with Crippen LogP contribution in [0.4, 0.5) is 0 Å². The Morgan fingerprint density at radius 2 is 1.67 bits per heavy atom. The van der Waals surface area contributed by atoms with Gasteiger partial charge in [0.25, 0.3) is 0 Å². The molecule has 0 rings (SSSR count). The highest BCUT2D eigenvalue weighted by molar-refractivity contribution is 5.76. The number of nitriles is 2. The Morgan fingerprint density at radius 3 is 1.92 bits per heavy atom. The van der Waals surface area contributed by atoms with Crippen LogP contribution in [0.2, 0.25) is 0 Å². The summed E-state index contributed by atoms with van der Waals surface area (Å²) in [5, 5.41) is 16.5. The van der Waals surface area contributed by atoms with Crippen molar-refractivity contribution in [3.8, 4) is 12.1 Å². The van der Waals surface area contributed by atoms with Crippen molar-refractivity contribution in [2.24, 2.45) is 11.7 Å². The number of hydrogen-bond donors (Lipinski definition) is 1. The van der Waals surface area contributed by atoms with Gasteiger partial charge in [-0.15, -0.1) is 0 Å². The average molecular weight is 165 g/mol. The Morgan fingerprint density at radius 1 is 1.25 bits per heavy atom. The van der Waals surface area contributed by atoms with E-state index in [1.165, 1.54) is 0 Å². The van der Waals surface area contributed by atoms with Crippen molar-refractivity contribution in [3.63, 3.8) is 0 Å². The number of carbonyl (C=O) groups is 1. The minimum atomic E-state index is -0.416. The maximum Gasteiger partial charge on any atom is 0.220 e. The quantitative estimate of drug-likeness (QED) is 0.649. The van der Waals surface area contributed by atoms with E-state index in [-0.39, 0.29) is 5.92 Å². The number of amides is 1. The fraction of sp³-hybridized carbons (Fsp3) is 0.625. The van der Waals surface area contributed by atoms with Gasteiger partial charge in [0.15, 0.2) is 0 Å². The molecule has 0 heterocycles. The first kappa shape index (κ1) is 10.4. The van der Waals surface area contributed by atoms with E-state index in [1.54, 1.807) is 0 Å². The van der Waals surface area contributed by atoms with Crippen LogP contribution in [-0.4, -0.2) is 5.91 Å². The van der Waals surface area contributed by atoms with E-state index in [9.17, 15) is 4.79 Å². The molecule has 0 radical (unpaired) electrons. The molecular formula is C8H11N3O. The number of carbonyl (C=O) groups excluding carboxylic acids is 1. The van der Waals surface area contributed by atoms with Gasteiger partial charge in [-0.2, -0.15) is 10.5 Å². The summed E-state index contributed by atoms with van der Waals surface area (Å²) in [4.78, 5) is 10.7. The molecule has 0 aromatic carbocycles. The van der Waals surface area contributed by atoms with Gasteiger partial charge >= 0.3 is 0 Å². The summed E-state index contributed by atoms with van der Waals surface area (Å²) in [5.41, 5.74) is 5.06. The number of nitrogens with zero attached hydrogens (tertiary/aromatic N) is 2. The summed E-state index contributed by atoms with van der Waals surface area (Å²) in [6, 6.07) is 3.88. The molecule has 0 unspecified atom stereocenters. The largest absolute Gasteiger partial charge is 0.369 e. The van der Waals surface area contributed by atoms with Crippen LogP contribution in [0.3, 0.4) is 0 Å². The second-order valence-electron chi connectivity index (χ2n) is 2.49. The lowest BCUT2D eigenvalue weighted by Gasteiger charge is -2.07. The van der Waals surface area contributed by atoms with Crippen LogP contribution in [0.15, 0.2) is 0 Å². The number of primary amides is 1. The maximum atomic E-state index is 10.7. The lowest BCUT2D eigenvalue weighted by Crippen LogP contribution is -2.22. The van der Waals surface area contributed by atoms with Gasteiger partial charge in [0, 0.05) is 18.8 Å². The van der Waals surface area contributed by atoms with E-state index in [0.29, 0.717) is 25.7 Å². The second-order valence-corrected chi connectivity index (χ2v) is 2.49. The molecule has 64 valence electrons. The summed E-state index contributed by atoms with van der Waals surface area (Å²) in [6.45, 7) is 0. The highest BCUT2D eigenvalue weighted by Gasteiger charge is 2.13. The minimum Gasteiger partial charge on any atom is -0.369 e. The van der Waals surface area contributed by atoms with Gasteiger partial charge < -0.3 is 5.73 Å². The standard InChI is InChI=1S/C8H11N3O/c9-5-1-3-7(8(11)12)4-2-6-10/h7H,1-4H2,(H2,11,12). The van der Waals surface area contributed by atoms with Crippen LogP contribution >= 0.6 is 0 Å². The van der Waals surface area contributed by atoms with Gasteiger partial charge in [-0.3, -0.25) is 4.79 Å². The molecule has 0 aromatic rings. The predicted octanol–water partition coefficient (Wildman–Crippen LogP) is 0.695. The van der Waals surface area contributed by atoms with Crippen LogP contribution < -0.4 is 5.73 Å². The number of rotatable bonds is 5. The Kier molecular flexibility index (Phi) is 5.38. The highest BCUT2D eigenvalue weighted by atomic mass is 16.1. The monoisotopic (exact) mass is 165 g/mol. The average Bonchev–Trinajstić information content (AvgIpc) is 2.04. The van der Waals surface area contributed by atoms with Gasteiger partial charge in [-0.25, -0.2) is 0 Å². The van der Waals surface area contributed by atoms with E-state index >= 15 is 0 Å². The van der Waals surface area contributed by atoms with Crippen molar-refractivity contribution in [1.82, 2.24) is 0 Å². The highest BCUT2D eigenvalue weighted by Crippen LogP contribution is 2.11. The van der Waals surface area contributed by atoms with Crippen molar-refractivity contribution in [2.45, 2.75) is 25.7 Å². The molecule has 0 spiro atoms. The van der Waals surface area contributed by atoms with Gasteiger partial charge in [0.2, 0.25) is 5.91 Å². The number of nitrogens with two attached hydrogens (primary N) is 1. The minimum absolute atomic E-state index is 0.315. The normalized spacial score (nSPS) is 8.92. The van der Waals surface area contributed by atoms with E-state index in [0.717, 1.165) is 0 Å². The lowest BCUT2D eigenvalue weighted by molar-refractivity contribution is -0.122. The van der Waals surface area contributed by atoms with Crippen LogP contribution in [0, 0.1) is 28.6 Å². The molecule has 0 bridgehead atoms. The molecule has 0 saturated carbocycles. The van der Waals surface area contributed by atoms with E-state index in [2.05, 4.69) is 0 Å². The molecular weight excluding hydrogens is 154 g/mol. The van der Waals surface area contributed by atoms with E-state index < -0.39 is 5.91 Å². The molecule has 12 heavy (non-hydrogen) atoms. The van der Waals surface area contributed by atoms with Crippen molar-refractivity contribution in [1.29, 1.82) is 10.5 Å². The van der Waals surface area contributed by atoms with Crippen molar-refractivity contribution in [3.05, 3.63) is 0 Å². The fourth-order valence-electron chi connectivity index (χ4n) is 0.906. The molecule has 4 heteroatoms. The summed E-state index contributed by atoms with van der Waals surface area (Å²) in [6.07, 6.45) is 1.57. The first-order valence-corrected chi connectivity index (χ1v) is 3.75. The lowest BCUT2D eigenvalue weighted by atomic mass is 9.98. The topological polar surface area (TPSA) is 90.7 Å². The zero-order valence-electron chi connectivity index (χ0n) is 6.79. The third kappa shape index (κ3) is 4.29. The maximum absolute atomic E-state index is 10.7. The smallest absolute Gasteiger partial charge is 0.220 e. The SMILES string of the molecule is N#CCCC(CCC#N)C(N)=O. The Hall–Kier alpha value is -1.55. The Labute approximate surface area is 71.6 Å². The number of hydrogen-bond acceptors (Lipinski definition) is 3. The predicted molar refractivity (Wildman–Crippen MR) is 42.4 cm³/mol. The second kappa shape index (κ2) is 6.18. The Bertz CT molecular complexity index is 205. The molecule has 0 aliphatic rings. The fourth-order valence-corrected chi connectivity index (χ4v) is 0.906. The first-order chi connectivity index (χ1) is 5.72. The molecule has 0 saturated heterocycles. The van der Waals surface area contributed by atoms with Crippen molar-refractivity contribution >= 4 is 5.91 Å². The van der Waals surface area contributed by atoms with E-state index in [1.807, 2.05) is 12.1 Å². The molecule has 0 aliphatic heterocycles. The van der Waals surface area contributed by atoms with Crippen LogP contribution in [-0.2, 0) is 4.79 Å². The van der Waals surface area contributed by atoms with Crippen molar-refractivity contribution < 1.29 is 4.79 Å². The van der Waals surface area contributed by atoms with Gasteiger partial charge in [-0.05, 0) is 12.8 Å². The molecule has 4 nitrogen and oxygen atoms in total. The van der Waals surface area contributed by atoms with Gasteiger partial charge in [-0.1, -0.05) is 0 Å². The Balaban J connectivity index is 3.82. The van der Waals surface area contributed by atoms with Gasteiger partial charge in [0.05, 0.1) is 12.1 Å². The van der Waals surface area contributed by atoms with E-state index in [4.69, 9.17) is 16.3 Å². The zero-order chi connectivity index (χ0) is 9.40. The third-order valence-corrected chi connectivity index (χ3v) is 1.61. The third-order valence-electron chi connectivity index (χ3n) is 1.61. The molecule has 2 N–H and O–H groups in total. The van der Waals surface area contributed by atoms with Gasteiger partial charge in [0.1, 0.15) is 0 Å². The molecule has 0 aromatic heterocycles. The van der Waals surface area contributed by atoms with Crippen molar-refractivity contribution in [2.75, 3.05) is 0 Å². The molecule has 1 amide bonds. The summed E-state index contributed by atoms with van der Waals surface area (Å²) < 4.78 is 0. The van der Waals surface area contributed by atoms with Crippen LogP contribution in [0.1, 0.15) is 25.7 Å². The summed E-state index contributed by atoms with van der Waals surface area (Å²) in [7, 11) is 0. The zero-order valence-corrected chi connectivity index (χ0v) is 6.79.